The van der Waals surface area contributed by atoms with Crippen LogP contribution in [-0.4, -0.2) is 20.2 Å². The van der Waals surface area contributed by atoms with Crippen LogP contribution in [0.3, 0.4) is 0 Å². The second-order valence-electron chi connectivity index (χ2n) is 4.21. The summed E-state index contributed by atoms with van der Waals surface area (Å²) in [5.74, 6) is -0.980. The van der Waals surface area contributed by atoms with Crippen LogP contribution in [0, 0.1) is 17.0 Å². The Morgan fingerprint density at radius 2 is 2.10 bits per heavy atom. The molecule has 6 nitrogen and oxygen atoms in total. The molecule has 1 unspecified atom stereocenters. The van der Waals surface area contributed by atoms with E-state index in [2.05, 4.69) is 0 Å². The van der Waals surface area contributed by atoms with Crippen LogP contribution in [0.4, 0.5) is 5.69 Å². The van der Waals surface area contributed by atoms with Gasteiger partial charge in [-0.2, -0.15) is 0 Å². The number of carbonyl (C=O) groups is 1. The SMILES string of the molecule is Cc1sc(C(=O)O)cc1CS(=O)c1ccccc1[N+](=O)[O-]. The third kappa shape index (κ3) is 3.34. The smallest absolute Gasteiger partial charge is 0.345 e. The Bertz CT molecular complexity index is 738. The van der Waals surface area contributed by atoms with E-state index in [0.717, 1.165) is 16.2 Å². The minimum Gasteiger partial charge on any atom is -0.477 e. The van der Waals surface area contributed by atoms with E-state index in [9.17, 15) is 19.1 Å². The van der Waals surface area contributed by atoms with E-state index in [-0.39, 0.29) is 21.2 Å². The number of benzene rings is 1. The second kappa shape index (κ2) is 6.15. The predicted octanol–water partition coefficient (Wildman–Crippen LogP) is 2.97. The van der Waals surface area contributed by atoms with Crippen molar-refractivity contribution in [2.24, 2.45) is 0 Å². The molecule has 2 aromatic rings. The zero-order valence-corrected chi connectivity index (χ0v) is 12.6. The molecule has 0 amide bonds. The van der Waals surface area contributed by atoms with Gasteiger partial charge in [0.05, 0.1) is 21.5 Å². The maximum Gasteiger partial charge on any atom is 0.345 e. The topological polar surface area (TPSA) is 97.5 Å². The van der Waals surface area contributed by atoms with Gasteiger partial charge >= 0.3 is 5.97 Å². The lowest BCUT2D eigenvalue weighted by atomic mass is 10.3. The van der Waals surface area contributed by atoms with Gasteiger partial charge in [-0.3, -0.25) is 14.3 Å². The first kappa shape index (κ1) is 15.3. The maximum atomic E-state index is 12.3. The summed E-state index contributed by atoms with van der Waals surface area (Å²) in [6.07, 6.45) is 0. The van der Waals surface area contributed by atoms with E-state index in [0.29, 0.717) is 5.56 Å². The van der Waals surface area contributed by atoms with Crippen LogP contribution in [0.2, 0.25) is 0 Å². The van der Waals surface area contributed by atoms with Gasteiger partial charge in [0.15, 0.2) is 0 Å². The van der Waals surface area contributed by atoms with Crippen LogP contribution in [-0.2, 0) is 16.6 Å². The highest BCUT2D eigenvalue weighted by Crippen LogP contribution is 2.27. The largest absolute Gasteiger partial charge is 0.477 e. The summed E-state index contributed by atoms with van der Waals surface area (Å²) in [5, 5.41) is 19.9. The van der Waals surface area contributed by atoms with Crippen molar-refractivity contribution >= 4 is 33.8 Å². The second-order valence-corrected chi connectivity index (χ2v) is 6.89. The number of thiophene rings is 1. The fourth-order valence-corrected chi connectivity index (χ4v) is 4.10. The summed E-state index contributed by atoms with van der Waals surface area (Å²) < 4.78 is 12.3. The van der Waals surface area contributed by atoms with Crippen molar-refractivity contribution in [3.05, 3.63) is 55.8 Å². The Hall–Kier alpha value is -2.06. The van der Waals surface area contributed by atoms with Crippen molar-refractivity contribution in [1.29, 1.82) is 0 Å². The van der Waals surface area contributed by atoms with Crippen LogP contribution in [0.5, 0.6) is 0 Å². The third-order valence-corrected chi connectivity index (χ3v) is 5.31. The minimum absolute atomic E-state index is 0.0560. The molecule has 0 aliphatic rings. The Labute approximate surface area is 126 Å². The van der Waals surface area contributed by atoms with E-state index in [4.69, 9.17) is 5.11 Å². The predicted molar refractivity (Wildman–Crippen MR) is 79.2 cm³/mol. The monoisotopic (exact) mass is 325 g/mol. The van der Waals surface area contributed by atoms with Crippen molar-refractivity contribution in [2.45, 2.75) is 17.6 Å². The van der Waals surface area contributed by atoms with Gasteiger partial charge in [-0.15, -0.1) is 11.3 Å². The summed E-state index contributed by atoms with van der Waals surface area (Å²) >= 11 is 1.10. The molecule has 1 atom stereocenters. The van der Waals surface area contributed by atoms with Gasteiger partial charge in [0.2, 0.25) is 0 Å². The molecule has 110 valence electrons. The van der Waals surface area contributed by atoms with Crippen LogP contribution >= 0.6 is 11.3 Å². The zero-order valence-electron chi connectivity index (χ0n) is 10.9. The molecule has 0 fully saturated rings. The van der Waals surface area contributed by atoms with Crippen molar-refractivity contribution in [3.8, 4) is 0 Å². The average molecular weight is 325 g/mol. The molecule has 0 saturated carbocycles. The standard InChI is InChI=1S/C13H11NO5S2/c1-8-9(6-11(20-8)13(15)16)7-21(19)12-5-3-2-4-10(12)14(17)18/h2-6H,7H2,1H3,(H,15,16). The first-order valence-electron chi connectivity index (χ1n) is 5.84. The third-order valence-electron chi connectivity index (χ3n) is 2.83. The maximum absolute atomic E-state index is 12.3. The molecule has 0 saturated heterocycles. The van der Waals surface area contributed by atoms with Gasteiger partial charge < -0.3 is 5.11 Å². The molecule has 0 bridgehead atoms. The molecule has 0 radical (unpaired) electrons. The Morgan fingerprint density at radius 1 is 1.43 bits per heavy atom. The van der Waals surface area contributed by atoms with Crippen molar-refractivity contribution in [1.82, 2.24) is 0 Å². The number of nitrogens with zero attached hydrogens (tertiary/aromatic N) is 1. The molecule has 0 spiro atoms. The highest BCUT2D eigenvalue weighted by atomic mass is 32.2. The number of carboxylic acid groups (broad SMARTS) is 1. The van der Waals surface area contributed by atoms with Gasteiger partial charge in [-0.25, -0.2) is 4.79 Å². The summed E-state index contributed by atoms with van der Waals surface area (Å²) in [5.41, 5.74) is 0.441. The first-order valence-corrected chi connectivity index (χ1v) is 7.98. The van der Waals surface area contributed by atoms with Crippen LogP contribution in [0.15, 0.2) is 35.2 Å². The number of aryl methyl sites for hydroxylation is 1. The summed E-state index contributed by atoms with van der Waals surface area (Å²) in [7, 11) is -1.60. The lowest BCUT2D eigenvalue weighted by Crippen LogP contribution is -2.01. The number of hydrogen-bond donors (Lipinski definition) is 1. The van der Waals surface area contributed by atoms with Gasteiger partial charge in [-0.1, -0.05) is 12.1 Å². The van der Waals surface area contributed by atoms with Gasteiger partial charge in [0, 0.05) is 10.9 Å². The van der Waals surface area contributed by atoms with Crippen LogP contribution < -0.4 is 0 Å². The lowest BCUT2D eigenvalue weighted by molar-refractivity contribution is -0.387. The van der Waals surface area contributed by atoms with Crippen molar-refractivity contribution in [3.63, 3.8) is 0 Å². The summed E-state index contributed by atoms with van der Waals surface area (Å²) in [4.78, 5) is 22.3. The molecular weight excluding hydrogens is 314 g/mol. The van der Waals surface area contributed by atoms with E-state index < -0.39 is 21.7 Å². The van der Waals surface area contributed by atoms with E-state index in [1.54, 1.807) is 13.0 Å². The molecule has 1 aromatic carbocycles. The van der Waals surface area contributed by atoms with E-state index in [1.807, 2.05) is 0 Å². The number of nitro groups is 1. The molecule has 1 heterocycles. The highest BCUT2D eigenvalue weighted by molar-refractivity contribution is 7.84. The van der Waals surface area contributed by atoms with Crippen LogP contribution in [0.1, 0.15) is 20.1 Å². The highest BCUT2D eigenvalue weighted by Gasteiger charge is 2.20. The number of rotatable bonds is 5. The molecule has 1 aromatic heterocycles. The molecule has 0 aliphatic heterocycles. The molecule has 1 N–H and O–H groups in total. The fourth-order valence-electron chi connectivity index (χ4n) is 1.79. The number of carboxylic acids is 1. The number of aromatic carboxylic acids is 1. The molecular formula is C13H11NO5S2. The van der Waals surface area contributed by atoms with Gasteiger partial charge in [0.1, 0.15) is 9.77 Å². The Balaban J connectivity index is 2.31. The number of hydrogen-bond acceptors (Lipinski definition) is 5. The van der Waals surface area contributed by atoms with E-state index >= 15 is 0 Å². The van der Waals surface area contributed by atoms with Crippen molar-refractivity contribution in [2.75, 3.05) is 0 Å². The van der Waals surface area contributed by atoms with Crippen LogP contribution in [0.25, 0.3) is 0 Å². The number of para-hydroxylation sites is 1. The van der Waals surface area contributed by atoms with E-state index in [1.165, 1.54) is 24.3 Å². The molecule has 21 heavy (non-hydrogen) atoms. The first-order chi connectivity index (χ1) is 9.90. The molecule has 2 rings (SSSR count). The van der Waals surface area contributed by atoms with Crippen molar-refractivity contribution < 1.29 is 19.0 Å². The fraction of sp³-hybridized carbons (Fsp3) is 0.154. The van der Waals surface area contributed by atoms with Gasteiger partial charge in [0.25, 0.3) is 5.69 Å². The minimum atomic E-state index is -1.60. The Morgan fingerprint density at radius 3 is 2.67 bits per heavy atom. The zero-order chi connectivity index (χ0) is 15.6. The van der Waals surface area contributed by atoms with Gasteiger partial charge in [-0.05, 0) is 24.6 Å². The molecule has 0 aliphatic carbocycles. The Kier molecular flexibility index (Phi) is 4.49. The average Bonchev–Trinajstić information content (AvgIpc) is 2.80. The molecule has 8 heteroatoms. The summed E-state index contributed by atoms with van der Waals surface area (Å²) in [6.45, 7) is 1.74. The summed E-state index contributed by atoms with van der Waals surface area (Å²) in [6, 6.07) is 7.32. The lowest BCUT2D eigenvalue weighted by Gasteiger charge is -2.03. The normalized spacial score (nSPS) is 12.0. The number of nitro benzene ring substituents is 1. The quantitative estimate of drug-likeness (QED) is 0.673.